The van der Waals surface area contributed by atoms with Crippen LogP contribution in [-0.4, -0.2) is 58.6 Å². The van der Waals surface area contributed by atoms with Gasteiger partial charge < -0.3 is 15.1 Å². The number of hydrogen-bond donors (Lipinski definition) is 1. The number of rotatable bonds is 3. The number of nitrogens with zero attached hydrogens (tertiary/aromatic N) is 5. The number of carbonyl (C=O) groups is 1. The van der Waals surface area contributed by atoms with Gasteiger partial charge in [-0.05, 0) is 32.0 Å². The Hall–Kier alpha value is -2.38. The van der Waals surface area contributed by atoms with Crippen LogP contribution < -0.4 is 10.2 Å². The van der Waals surface area contributed by atoms with Gasteiger partial charge in [-0.2, -0.15) is 0 Å². The van der Waals surface area contributed by atoms with Crippen molar-refractivity contribution < 1.29 is 4.79 Å². The first-order valence-electron chi connectivity index (χ1n) is 8.76. The quantitative estimate of drug-likeness (QED) is 0.895. The van der Waals surface area contributed by atoms with Crippen LogP contribution in [0.15, 0.2) is 41.1 Å². The van der Waals surface area contributed by atoms with Gasteiger partial charge in [-0.25, -0.2) is 9.50 Å². The average Bonchev–Trinajstić information content (AvgIpc) is 3.04. The van der Waals surface area contributed by atoms with Crippen LogP contribution >= 0.6 is 11.6 Å². The van der Waals surface area contributed by atoms with Crippen molar-refractivity contribution in [2.75, 3.05) is 43.4 Å². The molecule has 0 saturated carbocycles. The summed E-state index contributed by atoms with van der Waals surface area (Å²) in [6.45, 7) is 3.95. The molecule has 1 N–H and O–H groups in total. The Bertz CT molecular complexity index is 894. The zero-order valence-corrected chi connectivity index (χ0v) is 15.4. The third-order valence-corrected chi connectivity index (χ3v) is 5.12. The molecule has 0 spiro atoms. The molecule has 0 bridgehead atoms. The first-order chi connectivity index (χ1) is 12.6. The normalized spacial score (nSPS) is 18.6. The van der Waals surface area contributed by atoms with E-state index < -0.39 is 0 Å². The molecular weight excluding hydrogens is 352 g/mol. The van der Waals surface area contributed by atoms with Gasteiger partial charge >= 0.3 is 0 Å². The Morgan fingerprint density at radius 2 is 2.04 bits per heavy atom. The van der Waals surface area contributed by atoms with Crippen LogP contribution in [0.2, 0.25) is 0 Å². The van der Waals surface area contributed by atoms with Crippen molar-refractivity contribution in [3.63, 3.8) is 0 Å². The summed E-state index contributed by atoms with van der Waals surface area (Å²) in [6.07, 6.45) is 7.01. The molecule has 1 saturated heterocycles. The fourth-order valence-corrected chi connectivity index (χ4v) is 3.41. The Kier molecular flexibility index (Phi) is 4.65. The summed E-state index contributed by atoms with van der Waals surface area (Å²) < 4.78 is 1.70. The molecular formula is C18H21ClN6O. The van der Waals surface area contributed by atoms with E-state index in [1.54, 1.807) is 16.8 Å². The highest BCUT2D eigenvalue weighted by Crippen LogP contribution is 2.23. The van der Waals surface area contributed by atoms with E-state index in [4.69, 9.17) is 11.6 Å². The van der Waals surface area contributed by atoms with Crippen molar-refractivity contribution in [2.24, 2.45) is 0 Å². The molecule has 8 heteroatoms. The van der Waals surface area contributed by atoms with Gasteiger partial charge in [0.25, 0.3) is 5.91 Å². The molecule has 1 aliphatic heterocycles. The van der Waals surface area contributed by atoms with Gasteiger partial charge in [0.15, 0.2) is 11.5 Å². The standard InChI is InChI=1S/C18H21ClN6O/c1-23-8-10-24(11-9-23)17-7-6-16-20-15(12-25(16)22-17)21-18(26)13-4-2-3-5-14(13)19/h2,4,6-7,12H,3,5,8-11H2,1H3,(H,21,26). The summed E-state index contributed by atoms with van der Waals surface area (Å²) in [5, 5.41) is 8.04. The van der Waals surface area contributed by atoms with Crippen molar-refractivity contribution >= 4 is 34.8 Å². The van der Waals surface area contributed by atoms with E-state index in [0.29, 0.717) is 28.5 Å². The van der Waals surface area contributed by atoms with Gasteiger partial charge in [0.1, 0.15) is 5.82 Å². The maximum absolute atomic E-state index is 12.4. The second-order valence-corrected chi connectivity index (χ2v) is 7.08. The summed E-state index contributed by atoms with van der Waals surface area (Å²) in [5.41, 5.74) is 1.19. The molecule has 0 aromatic carbocycles. The van der Waals surface area contributed by atoms with Crippen molar-refractivity contribution in [3.8, 4) is 0 Å². The Labute approximate surface area is 156 Å². The lowest BCUT2D eigenvalue weighted by molar-refractivity contribution is -0.112. The first kappa shape index (κ1) is 17.1. The number of likely N-dealkylation sites (N-methyl/N-ethyl adjacent to an activating group) is 1. The number of fused-ring (bicyclic) bond motifs is 1. The second kappa shape index (κ2) is 7.09. The van der Waals surface area contributed by atoms with E-state index in [2.05, 4.69) is 32.2 Å². The summed E-state index contributed by atoms with van der Waals surface area (Å²) in [4.78, 5) is 21.4. The molecule has 0 atom stereocenters. The minimum Gasteiger partial charge on any atom is -0.353 e. The molecule has 1 aliphatic carbocycles. The van der Waals surface area contributed by atoms with Crippen LogP contribution in [0, 0.1) is 0 Å². The minimum absolute atomic E-state index is 0.242. The van der Waals surface area contributed by atoms with Crippen LogP contribution in [0.1, 0.15) is 12.8 Å². The highest BCUT2D eigenvalue weighted by molar-refractivity contribution is 6.33. The van der Waals surface area contributed by atoms with Crippen LogP contribution in [0.25, 0.3) is 5.65 Å². The van der Waals surface area contributed by atoms with E-state index in [9.17, 15) is 4.79 Å². The first-order valence-corrected chi connectivity index (χ1v) is 9.14. The lowest BCUT2D eigenvalue weighted by Gasteiger charge is -2.32. The highest BCUT2D eigenvalue weighted by Gasteiger charge is 2.18. The summed E-state index contributed by atoms with van der Waals surface area (Å²) in [6, 6.07) is 3.89. The maximum Gasteiger partial charge on any atom is 0.258 e. The van der Waals surface area contributed by atoms with Crippen LogP contribution in [0.5, 0.6) is 0 Å². The van der Waals surface area contributed by atoms with E-state index >= 15 is 0 Å². The molecule has 136 valence electrons. The number of hydrogen-bond acceptors (Lipinski definition) is 5. The van der Waals surface area contributed by atoms with Crippen LogP contribution in [0.4, 0.5) is 11.6 Å². The fourth-order valence-electron chi connectivity index (χ4n) is 3.16. The Morgan fingerprint density at radius 1 is 1.23 bits per heavy atom. The number of aromatic nitrogens is 3. The molecule has 7 nitrogen and oxygen atoms in total. The number of amides is 1. The number of piperazine rings is 1. The van der Waals surface area contributed by atoms with E-state index in [1.165, 1.54) is 0 Å². The predicted octanol–water partition coefficient (Wildman–Crippen LogP) is 2.26. The molecule has 3 heterocycles. The molecule has 2 aliphatic rings. The third-order valence-electron chi connectivity index (χ3n) is 4.73. The van der Waals surface area contributed by atoms with E-state index in [-0.39, 0.29) is 5.91 Å². The summed E-state index contributed by atoms with van der Waals surface area (Å²) >= 11 is 6.16. The zero-order valence-electron chi connectivity index (χ0n) is 14.7. The van der Waals surface area contributed by atoms with Gasteiger partial charge in [-0.3, -0.25) is 4.79 Å². The van der Waals surface area contributed by atoms with Crippen molar-refractivity contribution in [2.45, 2.75) is 12.8 Å². The number of halogens is 1. The molecule has 2 aromatic heterocycles. The van der Waals surface area contributed by atoms with Crippen molar-refractivity contribution in [3.05, 3.63) is 41.1 Å². The number of nitrogens with one attached hydrogen (secondary N) is 1. The fraction of sp³-hybridized carbons (Fsp3) is 0.389. The van der Waals surface area contributed by atoms with E-state index in [1.807, 2.05) is 18.2 Å². The van der Waals surface area contributed by atoms with Crippen molar-refractivity contribution in [1.29, 1.82) is 0 Å². The smallest absolute Gasteiger partial charge is 0.258 e. The maximum atomic E-state index is 12.4. The largest absolute Gasteiger partial charge is 0.353 e. The SMILES string of the molecule is CN1CCN(c2ccc3nc(NC(=O)C4=C(Cl)CCC=C4)cn3n2)CC1. The highest BCUT2D eigenvalue weighted by atomic mass is 35.5. The van der Waals surface area contributed by atoms with Crippen LogP contribution in [-0.2, 0) is 4.79 Å². The molecule has 1 fully saturated rings. The molecule has 26 heavy (non-hydrogen) atoms. The monoisotopic (exact) mass is 372 g/mol. The molecule has 0 unspecified atom stereocenters. The molecule has 2 aromatic rings. The van der Waals surface area contributed by atoms with Gasteiger partial charge in [0.05, 0.1) is 11.8 Å². The predicted molar refractivity (Wildman–Crippen MR) is 103 cm³/mol. The topological polar surface area (TPSA) is 65.8 Å². The molecule has 1 amide bonds. The zero-order chi connectivity index (χ0) is 18.1. The molecule has 0 radical (unpaired) electrons. The number of allylic oxidation sites excluding steroid dienone is 2. The van der Waals surface area contributed by atoms with E-state index in [0.717, 1.165) is 38.4 Å². The van der Waals surface area contributed by atoms with Gasteiger partial charge in [-0.1, -0.05) is 23.8 Å². The number of imidazole rings is 1. The Morgan fingerprint density at radius 3 is 2.81 bits per heavy atom. The second-order valence-electron chi connectivity index (χ2n) is 6.62. The molecule has 4 rings (SSSR count). The number of anilines is 2. The average molecular weight is 373 g/mol. The minimum atomic E-state index is -0.242. The van der Waals surface area contributed by atoms with Gasteiger partial charge in [0.2, 0.25) is 0 Å². The van der Waals surface area contributed by atoms with Gasteiger partial charge in [0, 0.05) is 31.2 Å². The Balaban J connectivity index is 1.52. The van der Waals surface area contributed by atoms with Gasteiger partial charge in [-0.15, -0.1) is 5.10 Å². The summed E-state index contributed by atoms with van der Waals surface area (Å²) in [7, 11) is 2.13. The third kappa shape index (κ3) is 3.45. The summed E-state index contributed by atoms with van der Waals surface area (Å²) in [5.74, 6) is 1.14. The van der Waals surface area contributed by atoms with Crippen LogP contribution in [0.3, 0.4) is 0 Å². The lowest BCUT2D eigenvalue weighted by atomic mass is 10.1. The van der Waals surface area contributed by atoms with Crippen molar-refractivity contribution in [1.82, 2.24) is 19.5 Å². The number of carbonyl (C=O) groups excluding carboxylic acids is 1. The lowest BCUT2D eigenvalue weighted by Crippen LogP contribution is -2.44.